The summed E-state index contributed by atoms with van der Waals surface area (Å²) in [5.74, 6) is 0.574. The number of anilines is 1. The van der Waals surface area contributed by atoms with E-state index in [9.17, 15) is 0 Å². The molecular weight excluding hydrogens is 258 g/mol. The highest BCUT2D eigenvalue weighted by atomic mass is 16.3. The molecule has 0 amide bonds. The van der Waals surface area contributed by atoms with Gasteiger partial charge < -0.3 is 15.1 Å². The van der Waals surface area contributed by atoms with E-state index in [0.29, 0.717) is 0 Å². The van der Waals surface area contributed by atoms with Crippen molar-refractivity contribution in [1.29, 1.82) is 0 Å². The highest BCUT2D eigenvalue weighted by Gasteiger charge is 2.08. The molecule has 0 aliphatic heterocycles. The monoisotopic (exact) mass is 275 g/mol. The minimum absolute atomic E-state index is 0.287. The zero-order valence-electron chi connectivity index (χ0n) is 11.4. The quantitative estimate of drug-likeness (QED) is 0.762. The molecule has 0 bridgehead atoms. The van der Waals surface area contributed by atoms with Crippen LogP contribution in [-0.2, 0) is 13.2 Å². The normalized spacial score (nSPS) is 11.2. The highest BCUT2D eigenvalue weighted by Crippen LogP contribution is 2.11. The average molecular weight is 275 g/mol. The van der Waals surface area contributed by atoms with Crippen molar-refractivity contribution in [2.45, 2.75) is 13.2 Å². The van der Waals surface area contributed by atoms with E-state index in [1.807, 2.05) is 43.3 Å². The van der Waals surface area contributed by atoms with Crippen LogP contribution < -0.4 is 4.90 Å². The van der Waals surface area contributed by atoms with E-state index < -0.39 is 0 Å². The summed E-state index contributed by atoms with van der Waals surface area (Å²) in [6, 6.07) is 7.82. The number of rotatable bonds is 5. The van der Waals surface area contributed by atoms with Gasteiger partial charge in [0.1, 0.15) is 13.2 Å². The molecule has 7 nitrogen and oxygen atoms in total. The lowest BCUT2D eigenvalue weighted by Crippen LogP contribution is -2.08. The smallest absolute Gasteiger partial charge is 0.180 e. The van der Waals surface area contributed by atoms with E-state index in [1.54, 1.807) is 6.21 Å². The van der Waals surface area contributed by atoms with Crippen LogP contribution in [0.1, 0.15) is 17.2 Å². The predicted octanol–water partition coefficient (Wildman–Crippen LogP) is 0.211. The maximum absolute atomic E-state index is 9.14. The highest BCUT2D eigenvalue weighted by molar-refractivity contribution is 5.80. The van der Waals surface area contributed by atoms with E-state index in [2.05, 4.69) is 15.3 Å². The Kier molecular flexibility index (Phi) is 4.44. The number of benzene rings is 1. The van der Waals surface area contributed by atoms with Gasteiger partial charge in [-0.1, -0.05) is 12.1 Å². The van der Waals surface area contributed by atoms with Crippen molar-refractivity contribution in [3.8, 4) is 0 Å². The molecule has 0 radical (unpaired) electrons. The molecule has 0 unspecified atom stereocenters. The van der Waals surface area contributed by atoms with Gasteiger partial charge in [0.05, 0.1) is 6.21 Å². The van der Waals surface area contributed by atoms with E-state index >= 15 is 0 Å². The summed E-state index contributed by atoms with van der Waals surface area (Å²) >= 11 is 0. The zero-order chi connectivity index (χ0) is 14.5. The van der Waals surface area contributed by atoms with Crippen LogP contribution in [0, 0.1) is 0 Å². The number of aliphatic hydroxyl groups excluding tert-OH is 2. The third-order valence-electron chi connectivity index (χ3n) is 2.78. The molecule has 0 aliphatic rings. The van der Waals surface area contributed by atoms with Crippen molar-refractivity contribution in [3.05, 3.63) is 41.5 Å². The first-order chi connectivity index (χ1) is 9.65. The van der Waals surface area contributed by atoms with Crippen LogP contribution in [0.5, 0.6) is 0 Å². The second kappa shape index (κ2) is 6.27. The fourth-order valence-corrected chi connectivity index (χ4v) is 1.66. The molecule has 2 N–H and O–H groups in total. The van der Waals surface area contributed by atoms with Crippen LogP contribution in [0.2, 0.25) is 0 Å². The molecule has 106 valence electrons. The molecule has 1 aromatic heterocycles. The standard InChI is InChI=1S/C13H17N5O2/c1-17(2)11-5-3-10(4-6-11)7-14-18-12(8-19)15-16-13(18)9-20/h3-7,19-20H,8-9H2,1-2H3/b14-7+. The minimum atomic E-state index is -0.288. The van der Waals surface area contributed by atoms with Crippen LogP contribution in [0.3, 0.4) is 0 Å². The van der Waals surface area contributed by atoms with E-state index in [1.165, 1.54) is 4.68 Å². The summed E-state index contributed by atoms with van der Waals surface area (Å²) in [4.78, 5) is 2.01. The molecule has 20 heavy (non-hydrogen) atoms. The van der Waals surface area contributed by atoms with Crippen molar-refractivity contribution < 1.29 is 10.2 Å². The van der Waals surface area contributed by atoms with E-state index in [-0.39, 0.29) is 24.9 Å². The maximum Gasteiger partial charge on any atom is 0.180 e. The number of hydrogen-bond donors (Lipinski definition) is 2. The Labute approximate surface area is 116 Å². The van der Waals surface area contributed by atoms with Gasteiger partial charge in [-0.3, -0.25) is 0 Å². The van der Waals surface area contributed by atoms with Gasteiger partial charge in [-0.15, -0.1) is 10.2 Å². The minimum Gasteiger partial charge on any atom is -0.388 e. The lowest BCUT2D eigenvalue weighted by molar-refractivity contribution is 0.255. The summed E-state index contributed by atoms with van der Waals surface area (Å²) in [6.45, 7) is -0.576. The van der Waals surface area contributed by atoms with Crippen molar-refractivity contribution in [1.82, 2.24) is 14.9 Å². The Morgan fingerprint density at radius 3 is 2.10 bits per heavy atom. The summed E-state index contributed by atoms with van der Waals surface area (Å²) in [5.41, 5.74) is 2.00. The fraction of sp³-hybridized carbons (Fsp3) is 0.308. The van der Waals surface area contributed by atoms with E-state index in [4.69, 9.17) is 10.2 Å². The second-order valence-electron chi connectivity index (χ2n) is 4.39. The molecule has 1 heterocycles. The topological polar surface area (TPSA) is 86.8 Å². The van der Waals surface area contributed by atoms with E-state index in [0.717, 1.165) is 11.3 Å². The second-order valence-corrected chi connectivity index (χ2v) is 4.39. The van der Waals surface area contributed by atoms with Crippen molar-refractivity contribution in [3.63, 3.8) is 0 Å². The molecule has 0 saturated heterocycles. The molecule has 2 aromatic rings. The largest absolute Gasteiger partial charge is 0.388 e. The van der Waals surface area contributed by atoms with Crippen molar-refractivity contribution in [2.75, 3.05) is 19.0 Å². The number of aliphatic hydroxyl groups is 2. The molecule has 0 fully saturated rings. The zero-order valence-corrected chi connectivity index (χ0v) is 11.4. The van der Waals surface area contributed by atoms with Crippen molar-refractivity contribution >= 4 is 11.9 Å². The van der Waals surface area contributed by atoms with Gasteiger partial charge in [-0.25, -0.2) is 0 Å². The number of nitrogens with zero attached hydrogens (tertiary/aromatic N) is 5. The van der Waals surface area contributed by atoms with Gasteiger partial charge in [0.15, 0.2) is 11.6 Å². The molecule has 7 heteroatoms. The first-order valence-electron chi connectivity index (χ1n) is 6.12. The van der Waals surface area contributed by atoms with Gasteiger partial charge in [0.25, 0.3) is 0 Å². The van der Waals surface area contributed by atoms with Gasteiger partial charge in [0.2, 0.25) is 0 Å². The van der Waals surface area contributed by atoms with Gasteiger partial charge >= 0.3 is 0 Å². The first kappa shape index (κ1) is 14.2. The van der Waals surface area contributed by atoms with Crippen LogP contribution >= 0.6 is 0 Å². The molecular formula is C13H17N5O2. The summed E-state index contributed by atoms with van der Waals surface area (Å²) in [5, 5.41) is 29.9. The van der Waals surface area contributed by atoms with Gasteiger partial charge in [0, 0.05) is 19.8 Å². The Balaban J connectivity index is 2.22. The third-order valence-corrected chi connectivity index (χ3v) is 2.78. The molecule has 2 rings (SSSR count). The SMILES string of the molecule is CN(C)c1ccc(/C=N/n2c(CO)nnc2CO)cc1. The van der Waals surface area contributed by atoms with Gasteiger partial charge in [-0.2, -0.15) is 9.78 Å². The first-order valence-corrected chi connectivity index (χ1v) is 6.12. The lowest BCUT2D eigenvalue weighted by Gasteiger charge is -2.11. The predicted molar refractivity (Wildman–Crippen MR) is 75.6 cm³/mol. The van der Waals surface area contributed by atoms with Crippen LogP contribution in [-0.4, -0.2) is 45.4 Å². The molecule has 0 aliphatic carbocycles. The molecule has 0 spiro atoms. The fourth-order valence-electron chi connectivity index (χ4n) is 1.66. The lowest BCUT2D eigenvalue weighted by atomic mass is 10.2. The van der Waals surface area contributed by atoms with Crippen LogP contribution in [0.15, 0.2) is 29.4 Å². The summed E-state index contributed by atoms with van der Waals surface area (Å²) in [7, 11) is 3.95. The number of aromatic nitrogens is 3. The average Bonchev–Trinajstić information content (AvgIpc) is 2.87. The Morgan fingerprint density at radius 2 is 1.65 bits per heavy atom. The Hall–Kier alpha value is -2.25. The molecule has 1 aromatic carbocycles. The molecule has 0 atom stereocenters. The Morgan fingerprint density at radius 1 is 1.10 bits per heavy atom. The number of hydrogen-bond acceptors (Lipinski definition) is 6. The van der Waals surface area contributed by atoms with Crippen LogP contribution in [0.4, 0.5) is 5.69 Å². The molecule has 0 saturated carbocycles. The maximum atomic E-state index is 9.14. The Bertz CT molecular complexity index is 568. The summed E-state index contributed by atoms with van der Waals surface area (Å²) in [6.07, 6.45) is 1.63. The van der Waals surface area contributed by atoms with Gasteiger partial charge in [-0.05, 0) is 17.7 Å². The summed E-state index contributed by atoms with van der Waals surface area (Å²) < 4.78 is 1.33. The third kappa shape index (κ3) is 3.01. The van der Waals surface area contributed by atoms with Crippen molar-refractivity contribution in [2.24, 2.45) is 5.10 Å². The van der Waals surface area contributed by atoms with Crippen LogP contribution in [0.25, 0.3) is 0 Å².